The van der Waals surface area contributed by atoms with Crippen LogP contribution >= 0.6 is 0 Å². The summed E-state index contributed by atoms with van der Waals surface area (Å²) in [7, 11) is 2.96. The third-order valence-corrected chi connectivity index (χ3v) is 4.28. The Morgan fingerprint density at radius 2 is 1.67 bits per heavy atom. The Hall–Kier alpha value is -3.35. The topological polar surface area (TPSA) is 69.6 Å². The van der Waals surface area contributed by atoms with Crippen molar-refractivity contribution in [2.45, 2.75) is 13.5 Å². The van der Waals surface area contributed by atoms with Crippen molar-refractivity contribution in [2.75, 3.05) is 19.5 Å². The number of amides is 1. The Morgan fingerprint density at radius 3 is 2.22 bits per heavy atom. The number of hydrogen-bond donors (Lipinski definition) is 1. The van der Waals surface area contributed by atoms with Crippen LogP contribution in [0.2, 0.25) is 0 Å². The van der Waals surface area contributed by atoms with E-state index in [0.717, 1.165) is 0 Å². The maximum absolute atomic E-state index is 13.1. The van der Waals surface area contributed by atoms with Crippen molar-refractivity contribution in [3.8, 4) is 11.5 Å². The van der Waals surface area contributed by atoms with Crippen LogP contribution in [0.1, 0.15) is 17.3 Å². The van der Waals surface area contributed by atoms with Crippen molar-refractivity contribution in [1.82, 2.24) is 4.57 Å². The van der Waals surface area contributed by atoms with E-state index in [-0.39, 0.29) is 5.56 Å². The number of carbonyl (C=O) groups excluding carboxylic acids is 1. The van der Waals surface area contributed by atoms with E-state index in [2.05, 4.69) is 5.32 Å². The van der Waals surface area contributed by atoms with Crippen LogP contribution in [0.15, 0.2) is 47.4 Å². The number of rotatable bonds is 5. The Kier molecular flexibility index (Phi) is 5.12. The van der Waals surface area contributed by atoms with Crippen molar-refractivity contribution >= 4 is 22.4 Å². The van der Waals surface area contributed by atoms with Crippen molar-refractivity contribution in [3.05, 3.63) is 64.3 Å². The van der Waals surface area contributed by atoms with Gasteiger partial charge in [0.1, 0.15) is 5.82 Å². The van der Waals surface area contributed by atoms with Crippen LogP contribution < -0.4 is 20.3 Å². The molecule has 0 aliphatic rings. The fraction of sp³-hybridized carbons (Fsp3) is 0.200. The summed E-state index contributed by atoms with van der Waals surface area (Å²) in [4.78, 5) is 25.5. The molecular weight excluding hydrogens is 351 g/mol. The van der Waals surface area contributed by atoms with Crippen molar-refractivity contribution in [1.29, 1.82) is 0 Å². The number of aryl methyl sites for hydroxylation is 1. The molecule has 0 fully saturated rings. The molecule has 0 bridgehead atoms. The van der Waals surface area contributed by atoms with Gasteiger partial charge in [-0.1, -0.05) is 0 Å². The lowest BCUT2D eigenvalue weighted by Crippen LogP contribution is -2.23. The molecule has 0 atom stereocenters. The standard InChI is InChI=1S/C20H19FN2O4/c1-4-23-11-16(19(24)22-13-7-5-12(21)6-8-13)14-9-17(26-2)18(27-3)10-15(14)20(23)25/h5-11H,4H2,1-3H3,(H,22,24). The molecule has 3 rings (SSSR count). The van der Waals surface area contributed by atoms with Crippen LogP contribution in [0.4, 0.5) is 10.1 Å². The van der Waals surface area contributed by atoms with Gasteiger partial charge in [0.15, 0.2) is 11.5 Å². The lowest BCUT2D eigenvalue weighted by Gasteiger charge is -2.14. The second kappa shape index (κ2) is 7.49. The fourth-order valence-corrected chi connectivity index (χ4v) is 2.86. The Bertz CT molecular complexity index is 1060. The summed E-state index contributed by atoms with van der Waals surface area (Å²) in [5, 5.41) is 3.52. The first-order valence-electron chi connectivity index (χ1n) is 8.34. The van der Waals surface area contributed by atoms with Crippen LogP contribution in [0, 0.1) is 5.82 Å². The van der Waals surface area contributed by atoms with E-state index in [9.17, 15) is 14.0 Å². The minimum absolute atomic E-state index is 0.230. The van der Waals surface area contributed by atoms with Gasteiger partial charge in [0.05, 0.1) is 25.2 Å². The van der Waals surface area contributed by atoms with Gasteiger partial charge < -0.3 is 19.4 Å². The predicted octanol–water partition coefficient (Wildman–Crippen LogP) is 3.43. The lowest BCUT2D eigenvalue weighted by molar-refractivity contribution is 0.102. The molecule has 0 saturated heterocycles. The third kappa shape index (κ3) is 3.48. The fourth-order valence-electron chi connectivity index (χ4n) is 2.86. The summed E-state index contributed by atoms with van der Waals surface area (Å²) >= 11 is 0. The van der Waals surface area contributed by atoms with Crippen LogP contribution in [-0.2, 0) is 6.54 Å². The highest BCUT2D eigenvalue weighted by molar-refractivity contribution is 6.13. The number of ether oxygens (including phenoxy) is 2. The zero-order chi connectivity index (χ0) is 19.6. The van der Waals surface area contributed by atoms with Crippen LogP contribution in [-0.4, -0.2) is 24.7 Å². The molecule has 2 aromatic carbocycles. The minimum atomic E-state index is -0.416. The number of nitrogens with zero attached hydrogens (tertiary/aromatic N) is 1. The highest BCUT2D eigenvalue weighted by Crippen LogP contribution is 2.32. The number of anilines is 1. The molecule has 0 aliphatic carbocycles. The summed E-state index contributed by atoms with van der Waals surface area (Å²) in [5.74, 6) is 0.00571. The molecule has 0 aliphatic heterocycles. The number of carbonyl (C=O) groups is 1. The Morgan fingerprint density at radius 1 is 1.07 bits per heavy atom. The third-order valence-electron chi connectivity index (χ3n) is 4.28. The Labute approximate surface area is 155 Å². The molecule has 7 heteroatoms. The second-order valence-electron chi connectivity index (χ2n) is 5.85. The molecule has 1 aromatic heterocycles. The molecular formula is C20H19FN2O4. The van der Waals surface area contributed by atoms with Crippen LogP contribution in [0.25, 0.3) is 10.8 Å². The highest BCUT2D eigenvalue weighted by Gasteiger charge is 2.18. The van der Waals surface area contributed by atoms with Crippen molar-refractivity contribution in [3.63, 3.8) is 0 Å². The highest BCUT2D eigenvalue weighted by atomic mass is 19.1. The summed E-state index contributed by atoms with van der Waals surface area (Å²) < 4.78 is 25.1. The van der Waals surface area contributed by atoms with Crippen molar-refractivity contribution in [2.24, 2.45) is 0 Å². The van der Waals surface area contributed by atoms with E-state index < -0.39 is 11.7 Å². The maximum Gasteiger partial charge on any atom is 0.258 e. The smallest absolute Gasteiger partial charge is 0.258 e. The molecule has 0 spiro atoms. The first-order chi connectivity index (χ1) is 13.0. The number of methoxy groups -OCH3 is 2. The van der Waals surface area contributed by atoms with Gasteiger partial charge >= 0.3 is 0 Å². The molecule has 27 heavy (non-hydrogen) atoms. The summed E-state index contributed by atoms with van der Waals surface area (Å²) in [5.41, 5.74) is 0.521. The average Bonchev–Trinajstić information content (AvgIpc) is 2.69. The van der Waals surface area contributed by atoms with E-state index >= 15 is 0 Å². The predicted molar refractivity (Wildman–Crippen MR) is 101 cm³/mol. The average molecular weight is 370 g/mol. The lowest BCUT2D eigenvalue weighted by atomic mass is 10.1. The zero-order valence-electron chi connectivity index (χ0n) is 15.2. The molecule has 0 saturated carbocycles. The Balaban J connectivity index is 2.18. The van der Waals surface area contributed by atoms with E-state index in [1.807, 2.05) is 6.92 Å². The number of hydrogen-bond acceptors (Lipinski definition) is 4. The monoisotopic (exact) mass is 370 g/mol. The number of nitrogens with one attached hydrogen (secondary N) is 1. The van der Waals surface area contributed by atoms with Gasteiger partial charge in [-0.2, -0.15) is 0 Å². The maximum atomic E-state index is 13.1. The minimum Gasteiger partial charge on any atom is -0.493 e. The van der Waals surface area contributed by atoms with Gasteiger partial charge in [0.2, 0.25) is 0 Å². The number of halogens is 1. The van der Waals surface area contributed by atoms with Gasteiger partial charge in [0.25, 0.3) is 11.5 Å². The van der Waals surface area contributed by atoms with Crippen LogP contribution in [0.3, 0.4) is 0 Å². The van der Waals surface area contributed by atoms with Gasteiger partial charge in [-0.15, -0.1) is 0 Å². The van der Waals surface area contributed by atoms with Crippen LogP contribution in [0.5, 0.6) is 11.5 Å². The quantitative estimate of drug-likeness (QED) is 0.747. The molecule has 3 aromatic rings. The normalized spacial score (nSPS) is 10.7. The van der Waals surface area contributed by atoms with E-state index in [4.69, 9.17) is 9.47 Å². The summed E-state index contributed by atoms with van der Waals surface area (Å²) in [6.45, 7) is 2.22. The number of benzene rings is 2. The first kappa shape index (κ1) is 18.4. The van der Waals surface area contributed by atoms with E-state index in [1.54, 1.807) is 12.1 Å². The molecule has 140 valence electrons. The number of fused-ring (bicyclic) bond motifs is 1. The molecule has 1 heterocycles. The van der Waals surface area contributed by atoms with Gasteiger partial charge in [-0.25, -0.2) is 4.39 Å². The van der Waals surface area contributed by atoms with E-state index in [0.29, 0.717) is 40.1 Å². The zero-order valence-corrected chi connectivity index (χ0v) is 15.2. The molecule has 1 N–H and O–H groups in total. The first-order valence-corrected chi connectivity index (χ1v) is 8.34. The van der Waals surface area contributed by atoms with Gasteiger partial charge in [-0.3, -0.25) is 9.59 Å². The SMILES string of the molecule is CCn1cc(C(=O)Nc2ccc(F)cc2)c2cc(OC)c(OC)cc2c1=O. The van der Waals surface area contributed by atoms with E-state index in [1.165, 1.54) is 49.2 Å². The second-order valence-corrected chi connectivity index (χ2v) is 5.85. The molecule has 1 amide bonds. The largest absolute Gasteiger partial charge is 0.493 e. The molecule has 6 nitrogen and oxygen atoms in total. The van der Waals surface area contributed by atoms with Gasteiger partial charge in [0, 0.05) is 23.8 Å². The van der Waals surface area contributed by atoms with Gasteiger partial charge in [-0.05, 0) is 43.3 Å². The van der Waals surface area contributed by atoms with Crippen molar-refractivity contribution < 1.29 is 18.7 Å². The number of pyridine rings is 1. The number of aromatic nitrogens is 1. The molecule has 0 unspecified atom stereocenters. The molecule has 0 radical (unpaired) electrons. The summed E-state index contributed by atoms with van der Waals surface area (Å²) in [6, 6.07) is 8.62. The summed E-state index contributed by atoms with van der Waals surface area (Å²) in [6.07, 6.45) is 1.51.